The molecule has 1 aromatic carbocycles. The molecule has 0 bridgehead atoms. The topological polar surface area (TPSA) is 67.8 Å². The van der Waals surface area contributed by atoms with Crippen LogP contribution in [0.2, 0.25) is 0 Å². The van der Waals surface area contributed by atoms with Gasteiger partial charge in [0.05, 0.1) is 11.7 Å². The van der Waals surface area contributed by atoms with Gasteiger partial charge >= 0.3 is 0 Å². The standard InChI is InChI=1S/C14H19N3O/c15-12-9-5-2-6-10-13(14(12)18)17-16-11-7-3-1-4-8-11/h1,3-4,7-8,12-13H,2,5-6,9-10,15H2. The predicted molar refractivity (Wildman–Crippen MR) is 70.8 cm³/mol. The fourth-order valence-corrected chi connectivity index (χ4v) is 2.16. The number of nitrogens with zero attached hydrogens (tertiary/aromatic N) is 2. The van der Waals surface area contributed by atoms with Crippen LogP contribution in [0.1, 0.15) is 32.1 Å². The first-order valence-electron chi connectivity index (χ1n) is 6.52. The lowest BCUT2D eigenvalue weighted by Gasteiger charge is -2.18. The molecule has 1 aliphatic rings. The second kappa shape index (κ2) is 6.40. The van der Waals surface area contributed by atoms with Gasteiger partial charge in [-0.25, -0.2) is 0 Å². The Hall–Kier alpha value is -1.55. The van der Waals surface area contributed by atoms with Crippen molar-refractivity contribution in [2.24, 2.45) is 16.0 Å². The first-order valence-corrected chi connectivity index (χ1v) is 6.52. The molecule has 4 nitrogen and oxygen atoms in total. The molecular formula is C14H19N3O. The van der Waals surface area contributed by atoms with Crippen molar-refractivity contribution in [2.75, 3.05) is 0 Å². The number of rotatable bonds is 2. The summed E-state index contributed by atoms with van der Waals surface area (Å²) in [6, 6.07) is 8.74. The molecule has 2 atom stereocenters. The molecule has 1 fully saturated rings. The molecule has 4 heteroatoms. The number of benzene rings is 1. The van der Waals surface area contributed by atoms with E-state index in [1.807, 2.05) is 30.3 Å². The van der Waals surface area contributed by atoms with E-state index in [0.29, 0.717) is 0 Å². The highest BCUT2D eigenvalue weighted by atomic mass is 16.1. The van der Waals surface area contributed by atoms with E-state index in [1.54, 1.807) is 0 Å². The van der Waals surface area contributed by atoms with Gasteiger partial charge in [0, 0.05) is 0 Å². The highest BCUT2D eigenvalue weighted by Crippen LogP contribution is 2.19. The summed E-state index contributed by atoms with van der Waals surface area (Å²) in [4.78, 5) is 12.0. The zero-order chi connectivity index (χ0) is 12.8. The second-order valence-electron chi connectivity index (χ2n) is 4.71. The number of nitrogens with two attached hydrogens (primary N) is 1. The van der Waals surface area contributed by atoms with Gasteiger partial charge in [0.2, 0.25) is 0 Å². The predicted octanol–water partition coefficient (Wildman–Crippen LogP) is 3.00. The van der Waals surface area contributed by atoms with Crippen molar-refractivity contribution in [2.45, 2.75) is 44.2 Å². The van der Waals surface area contributed by atoms with E-state index < -0.39 is 0 Å². The number of carbonyl (C=O) groups is 1. The number of carbonyl (C=O) groups excluding carboxylic acids is 1. The normalized spacial score (nSPS) is 25.9. The maximum atomic E-state index is 12.0. The molecule has 2 unspecified atom stereocenters. The molecule has 0 amide bonds. The number of hydrogen-bond donors (Lipinski definition) is 1. The SMILES string of the molecule is NC1CCCCCC(N=Nc2ccccc2)C1=O. The van der Waals surface area contributed by atoms with Crippen LogP contribution in [-0.4, -0.2) is 17.9 Å². The van der Waals surface area contributed by atoms with Crippen LogP contribution in [0.3, 0.4) is 0 Å². The molecule has 18 heavy (non-hydrogen) atoms. The van der Waals surface area contributed by atoms with Crippen molar-refractivity contribution >= 4 is 11.5 Å². The van der Waals surface area contributed by atoms with E-state index in [2.05, 4.69) is 10.2 Å². The van der Waals surface area contributed by atoms with Gasteiger partial charge in [-0.15, -0.1) is 0 Å². The quantitative estimate of drug-likeness (QED) is 0.814. The molecular weight excluding hydrogens is 226 g/mol. The average Bonchev–Trinajstić information content (AvgIpc) is 2.40. The van der Waals surface area contributed by atoms with Crippen molar-refractivity contribution in [3.8, 4) is 0 Å². The monoisotopic (exact) mass is 245 g/mol. The van der Waals surface area contributed by atoms with E-state index in [1.165, 1.54) is 0 Å². The molecule has 96 valence electrons. The van der Waals surface area contributed by atoms with Crippen LogP contribution in [0.4, 0.5) is 5.69 Å². The maximum Gasteiger partial charge on any atom is 0.175 e. The van der Waals surface area contributed by atoms with Crippen LogP contribution in [0.25, 0.3) is 0 Å². The summed E-state index contributed by atoms with van der Waals surface area (Å²) < 4.78 is 0. The van der Waals surface area contributed by atoms with Crippen molar-refractivity contribution in [3.05, 3.63) is 30.3 Å². The van der Waals surface area contributed by atoms with E-state index in [0.717, 1.165) is 37.8 Å². The molecule has 1 aliphatic carbocycles. The van der Waals surface area contributed by atoms with E-state index in [9.17, 15) is 4.79 Å². The van der Waals surface area contributed by atoms with Crippen LogP contribution < -0.4 is 5.73 Å². The Morgan fingerprint density at radius 1 is 1.06 bits per heavy atom. The molecule has 0 heterocycles. The smallest absolute Gasteiger partial charge is 0.175 e. The number of hydrogen-bond acceptors (Lipinski definition) is 4. The Bertz CT molecular complexity index is 416. The average molecular weight is 245 g/mol. The third kappa shape index (κ3) is 3.47. The molecule has 0 aromatic heterocycles. The van der Waals surface area contributed by atoms with Gasteiger partial charge in [-0.1, -0.05) is 37.5 Å². The first-order chi connectivity index (χ1) is 8.77. The minimum Gasteiger partial charge on any atom is -0.321 e. The summed E-state index contributed by atoms with van der Waals surface area (Å²) in [7, 11) is 0. The third-order valence-electron chi connectivity index (χ3n) is 3.26. The van der Waals surface area contributed by atoms with Crippen LogP contribution in [0.5, 0.6) is 0 Å². The van der Waals surface area contributed by atoms with Crippen molar-refractivity contribution < 1.29 is 4.79 Å². The van der Waals surface area contributed by atoms with E-state index in [4.69, 9.17) is 5.73 Å². The van der Waals surface area contributed by atoms with Gasteiger partial charge < -0.3 is 5.73 Å². The lowest BCUT2D eigenvalue weighted by atomic mass is 9.93. The Labute approximate surface area is 107 Å². The highest BCUT2D eigenvalue weighted by Gasteiger charge is 2.25. The van der Waals surface area contributed by atoms with Crippen molar-refractivity contribution in [3.63, 3.8) is 0 Å². The number of ketones is 1. The molecule has 1 saturated carbocycles. The van der Waals surface area contributed by atoms with Gasteiger partial charge in [-0.3, -0.25) is 4.79 Å². The van der Waals surface area contributed by atoms with Gasteiger partial charge in [-0.05, 0) is 25.0 Å². The summed E-state index contributed by atoms with van der Waals surface area (Å²) >= 11 is 0. The molecule has 0 spiro atoms. The van der Waals surface area contributed by atoms with Crippen molar-refractivity contribution in [1.82, 2.24) is 0 Å². The van der Waals surface area contributed by atoms with Crippen LogP contribution in [-0.2, 0) is 4.79 Å². The zero-order valence-electron chi connectivity index (χ0n) is 10.5. The maximum absolute atomic E-state index is 12.0. The fraction of sp³-hybridized carbons (Fsp3) is 0.500. The first kappa shape index (κ1) is 12.9. The Kier molecular flexibility index (Phi) is 4.59. The highest BCUT2D eigenvalue weighted by molar-refractivity contribution is 5.89. The molecule has 0 radical (unpaired) electrons. The van der Waals surface area contributed by atoms with Gasteiger partial charge in [-0.2, -0.15) is 10.2 Å². The molecule has 0 aliphatic heterocycles. The summed E-state index contributed by atoms with van der Waals surface area (Å²) in [5.74, 6) is 0.0365. The minimum atomic E-state index is -0.370. The van der Waals surface area contributed by atoms with Gasteiger partial charge in [0.1, 0.15) is 6.04 Å². The van der Waals surface area contributed by atoms with E-state index >= 15 is 0 Å². The molecule has 0 saturated heterocycles. The lowest BCUT2D eigenvalue weighted by Crippen LogP contribution is -2.38. The third-order valence-corrected chi connectivity index (χ3v) is 3.26. The minimum absolute atomic E-state index is 0.0365. The number of azo groups is 1. The lowest BCUT2D eigenvalue weighted by molar-refractivity contribution is -0.122. The van der Waals surface area contributed by atoms with E-state index in [-0.39, 0.29) is 17.9 Å². The van der Waals surface area contributed by atoms with Gasteiger partial charge in [0.15, 0.2) is 5.78 Å². The van der Waals surface area contributed by atoms with Crippen molar-refractivity contribution in [1.29, 1.82) is 0 Å². The van der Waals surface area contributed by atoms with Gasteiger partial charge in [0.25, 0.3) is 0 Å². The summed E-state index contributed by atoms with van der Waals surface area (Å²) in [5.41, 5.74) is 6.63. The Morgan fingerprint density at radius 2 is 1.78 bits per heavy atom. The summed E-state index contributed by atoms with van der Waals surface area (Å²) in [6.45, 7) is 0. The Morgan fingerprint density at radius 3 is 2.56 bits per heavy atom. The summed E-state index contributed by atoms with van der Waals surface area (Å²) in [6.07, 6.45) is 4.73. The zero-order valence-corrected chi connectivity index (χ0v) is 10.5. The molecule has 1 aromatic rings. The second-order valence-corrected chi connectivity index (χ2v) is 4.71. The summed E-state index contributed by atoms with van der Waals surface area (Å²) in [5, 5.41) is 8.32. The fourth-order valence-electron chi connectivity index (χ4n) is 2.16. The van der Waals surface area contributed by atoms with Crippen LogP contribution in [0, 0.1) is 0 Å². The molecule has 2 rings (SSSR count). The van der Waals surface area contributed by atoms with Crippen LogP contribution in [0.15, 0.2) is 40.6 Å². The number of Topliss-reactive ketones (excluding diaryl/α,β-unsaturated/α-hetero) is 1. The van der Waals surface area contributed by atoms with Crippen LogP contribution >= 0.6 is 0 Å². The Balaban J connectivity index is 2.05. The molecule has 2 N–H and O–H groups in total. The largest absolute Gasteiger partial charge is 0.321 e.